The van der Waals surface area contributed by atoms with Gasteiger partial charge in [-0.25, -0.2) is 4.98 Å². The average molecular weight is 199 g/mol. The molecule has 0 bridgehead atoms. The predicted octanol–water partition coefficient (Wildman–Crippen LogP) is 1.71. The smallest absolute Gasteiger partial charge is 0.123 e. The van der Waals surface area contributed by atoms with E-state index in [-0.39, 0.29) is 6.04 Å². The van der Waals surface area contributed by atoms with Gasteiger partial charge in [0.2, 0.25) is 0 Å². The van der Waals surface area contributed by atoms with Crippen molar-refractivity contribution in [3.8, 4) is 0 Å². The molecule has 0 saturated heterocycles. The summed E-state index contributed by atoms with van der Waals surface area (Å²) in [6.45, 7) is 0. The summed E-state index contributed by atoms with van der Waals surface area (Å²) in [4.78, 5) is 4.02. The van der Waals surface area contributed by atoms with Crippen molar-refractivity contribution in [2.24, 2.45) is 5.73 Å². The van der Waals surface area contributed by atoms with E-state index in [9.17, 15) is 0 Å². The van der Waals surface area contributed by atoms with Crippen molar-refractivity contribution in [2.45, 2.75) is 6.04 Å². The van der Waals surface area contributed by atoms with Crippen LogP contribution in [0.1, 0.15) is 17.2 Å². The minimum absolute atomic E-state index is 0.140. The van der Waals surface area contributed by atoms with Crippen LogP contribution in [0.15, 0.2) is 48.7 Å². The van der Waals surface area contributed by atoms with Crippen LogP contribution in [0.5, 0.6) is 0 Å². The monoisotopic (exact) mass is 199 g/mol. The zero-order chi connectivity index (χ0) is 10.7. The third-order valence-electron chi connectivity index (χ3n) is 2.33. The standard InChI is InChI=1S/C12H13N3/c13-11-7-6-10(8-15-11)12(14)9-4-2-1-3-5-9/h1-8,12H,14H2,(H2,13,15)/t12-/m0/s1. The normalized spacial score (nSPS) is 12.3. The van der Waals surface area contributed by atoms with E-state index < -0.39 is 0 Å². The van der Waals surface area contributed by atoms with Crippen LogP contribution in [0.3, 0.4) is 0 Å². The maximum atomic E-state index is 6.09. The molecule has 1 aromatic heterocycles. The molecule has 0 radical (unpaired) electrons. The molecule has 0 aliphatic rings. The largest absolute Gasteiger partial charge is 0.384 e. The Labute approximate surface area is 88.8 Å². The Hall–Kier alpha value is -1.87. The number of nitrogens with two attached hydrogens (primary N) is 2. The summed E-state index contributed by atoms with van der Waals surface area (Å²) in [5.74, 6) is 0.513. The van der Waals surface area contributed by atoms with E-state index in [1.807, 2.05) is 36.4 Å². The molecule has 2 rings (SSSR count). The van der Waals surface area contributed by atoms with Crippen molar-refractivity contribution < 1.29 is 0 Å². The van der Waals surface area contributed by atoms with Crippen LogP contribution in [-0.2, 0) is 0 Å². The van der Waals surface area contributed by atoms with Gasteiger partial charge in [-0.3, -0.25) is 0 Å². The van der Waals surface area contributed by atoms with Crippen LogP contribution in [-0.4, -0.2) is 4.98 Å². The number of anilines is 1. The van der Waals surface area contributed by atoms with Gasteiger partial charge in [0.15, 0.2) is 0 Å². The predicted molar refractivity (Wildman–Crippen MR) is 61.1 cm³/mol. The molecular formula is C12H13N3. The van der Waals surface area contributed by atoms with Crippen molar-refractivity contribution in [2.75, 3.05) is 5.73 Å². The molecule has 0 aliphatic carbocycles. The summed E-state index contributed by atoms with van der Waals surface area (Å²) < 4.78 is 0. The molecular weight excluding hydrogens is 186 g/mol. The van der Waals surface area contributed by atoms with Crippen molar-refractivity contribution in [1.29, 1.82) is 0 Å². The third-order valence-corrected chi connectivity index (χ3v) is 2.33. The topological polar surface area (TPSA) is 64.9 Å². The van der Waals surface area contributed by atoms with Crippen LogP contribution in [0, 0.1) is 0 Å². The van der Waals surface area contributed by atoms with Crippen LogP contribution in [0.2, 0.25) is 0 Å². The molecule has 3 heteroatoms. The molecule has 0 unspecified atom stereocenters. The molecule has 0 fully saturated rings. The van der Waals surface area contributed by atoms with Gasteiger partial charge in [-0.2, -0.15) is 0 Å². The van der Waals surface area contributed by atoms with Crippen LogP contribution in [0.4, 0.5) is 5.82 Å². The molecule has 0 saturated carbocycles. The molecule has 76 valence electrons. The molecule has 0 aliphatic heterocycles. The Morgan fingerprint density at radius 1 is 0.933 bits per heavy atom. The zero-order valence-electron chi connectivity index (χ0n) is 8.30. The maximum Gasteiger partial charge on any atom is 0.123 e. The van der Waals surface area contributed by atoms with Gasteiger partial charge in [-0.05, 0) is 17.2 Å². The Balaban J connectivity index is 2.29. The Kier molecular flexibility index (Phi) is 2.65. The minimum Gasteiger partial charge on any atom is -0.384 e. The van der Waals surface area contributed by atoms with Gasteiger partial charge >= 0.3 is 0 Å². The fourth-order valence-electron chi connectivity index (χ4n) is 1.45. The van der Waals surface area contributed by atoms with Gasteiger partial charge in [-0.1, -0.05) is 36.4 Å². The molecule has 1 heterocycles. The van der Waals surface area contributed by atoms with Gasteiger partial charge in [0.1, 0.15) is 5.82 Å². The number of pyridine rings is 1. The van der Waals surface area contributed by atoms with Crippen LogP contribution >= 0.6 is 0 Å². The molecule has 0 amide bonds. The van der Waals surface area contributed by atoms with Gasteiger partial charge in [0, 0.05) is 6.20 Å². The first-order valence-electron chi connectivity index (χ1n) is 4.79. The first-order chi connectivity index (χ1) is 7.27. The van der Waals surface area contributed by atoms with E-state index in [4.69, 9.17) is 11.5 Å². The zero-order valence-corrected chi connectivity index (χ0v) is 8.30. The lowest BCUT2D eigenvalue weighted by molar-refractivity contribution is 0.864. The highest BCUT2D eigenvalue weighted by atomic mass is 14.8. The molecule has 1 atom stereocenters. The number of hydrogen-bond donors (Lipinski definition) is 2. The van der Waals surface area contributed by atoms with E-state index in [1.165, 1.54) is 0 Å². The second-order valence-corrected chi connectivity index (χ2v) is 3.40. The summed E-state index contributed by atoms with van der Waals surface area (Å²) in [7, 11) is 0. The van der Waals surface area contributed by atoms with Gasteiger partial charge in [0.25, 0.3) is 0 Å². The summed E-state index contributed by atoms with van der Waals surface area (Å²) in [6, 6.07) is 13.4. The van der Waals surface area contributed by atoms with E-state index in [0.29, 0.717) is 5.82 Å². The van der Waals surface area contributed by atoms with E-state index in [1.54, 1.807) is 12.3 Å². The van der Waals surface area contributed by atoms with Gasteiger partial charge in [-0.15, -0.1) is 0 Å². The fraction of sp³-hybridized carbons (Fsp3) is 0.0833. The van der Waals surface area contributed by atoms with Crippen molar-refractivity contribution in [3.05, 3.63) is 59.8 Å². The number of aromatic nitrogens is 1. The molecule has 15 heavy (non-hydrogen) atoms. The number of hydrogen-bond acceptors (Lipinski definition) is 3. The highest BCUT2D eigenvalue weighted by Crippen LogP contribution is 2.18. The van der Waals surface area contributed by atoms with Gasteiger partial charge < -0.3 is 11.5 Å². The number of nitrogens with zero attached hydrogens (tertiary/aromatic N) is 1. The lowest BCUT2D eigenvalue weighted by Gasteiger charge is -2.11. The molecule has 0 spiro atoms. The Morgan fingerprint density at radius 3 is 2.27 bits per heavy atom. The van der Waals surface area contributed by atoms with Crippen molar-refractivity contribution in [1.82, 2.24) is 4.98 Å². The van der Waals surface area contributed by atoms with E-state index in [2.05, 4.69) is 4.98 Å². The molecule has 4 N–H and O–H groups in total. The van der Waals surface area contributed by atoms with Crippen LogP contribution in [0.25, 0.3) is 0 Å². The molecule has 1 aromatic carbocycles. The highest BCUT2D eigenvalue weighted by molar-refractivity contribution is 5.35. The quantitative estimate of drug-likeness (QED) is 0.773. The first-order valence-corrected chi connectivity index (χ1v) is 4.79. The Morgan fingerprint density at radius 2 is 1.67 bits per heavy atom. The second kappa shape index (κ2) is 4.11. The number of nitrogen functional groups attached to an aromatic ring is 1. The lowest BCUT2D eigenvalue weighted by Crippen LogP contribution is -2.12. The first kappa shape index (κ1) is 9.68. The third kappa shape index (κ3) is 2.14. The summed E-state index contributed by atoms with van der Waals surface area (Å²) in [6.07, 6.45) is 1.72. The average Bonchev–Trinajstić information content (AvgIpc) is 2.30. The lowest BCUT2D eigenvalue weighted by atomic mass is 10.0. The van der Waals surface area contributed by atoms with Crippen molar-refractivity contribution >= 4 is 5.82 Å². The second-order valence-electron chi connectivity index (χ2n) is 3.40. The Bertz CT molecular complexity index is 422. The SMILES string of the molecule is Nc1ccc([C@@H](N)c2ccccc2)cn1. The summed E-state index contributed by atoms with van der Waals surface area (Å²) in [5.41, 5.74) is 13.6. The minimum atomic E-state index is -0.140. The fourth-order valence-corrected chi connectivity index (χ4v) is 1.45. The molecule has 2 aromatic rings. The number of rotatable bonds is 2. The van der Waals surface area contributed by atoms with Crippen molar-refractivity contribution in [3.63, 3.8) is 0 Å². The van der Waals surface area contributed by atoms with E-state index >= 15 is 0 Å². The highest BCUT2D eigenvalue weighted by Gasteiger charge is 2.07. The maximum absolute atomic E-state index is 6.09. The van der Waals surface area contributed by atoms with E-state index in [0.717, 1.165) is 11.1 Å². The van der Waals surface area contributed by atoms with Crippen LogP contribution < -0.4 is 11.5 Å². The number of benzene rings is 1. The van der Waals surface area contributed by atoms with Gasteiger partial charge in [0.05, 0.1) is 6.04 Å². The summed E-state index contributed by atoms with van der Waals surface area (Å²) >= 11 is 0. The molecule has 3 nitrogen and oxygen atoms in total. The summed E-state index contributed by atoms with van der Waals surface area (Å²) in [5, 5.41) is 0.